The number of thioether (sulfide) groups is 1. The zero-order chi connectivity index (χ0) is 18.1. The van der Waals surface area contributed by atoms with Crippen LogP contribution in [-0.2, 0) is 4.74 Å². The molecule has 2 aromatic rings. The molecule has 5 heteroatoms. The average Bonchev–Trinajstić information content (AvgIpc) is 2.63. The van der Waals surface area contributed by atoms with Gasteiger partial charge in [0.1, 0.15) is 0 Å². The van der Waals surface area contributed by atoms with Crippen molar-refractivity contribution in [3.05, 3.63) is 65.2 Å². The molecule has 25 heavy (non-hydrogen) atoms. The lowest BCUT2D eigenvalue weighted by molar-refractivity contribution is 0.0277. The molecular formula is C20H25NO3S. The van der Waals surface area contributed by atoms with E-state index in [1.807, 2.05) is 55.5 Å². The van der Waals surface area contributed by atoms with Crippen LogP contribution in [0.2, 0.25) is 0 Å². The molecule has 2 rings (SSSR count). The summed E-state index contributed by atoms with van der Waals surface area (Å²) in [6.45, 7) is 4.63. The molecule has 0 saturated carbocycles. The second kappa shape index (κ2) is 10.2. The van der Waals surface area contributed by atoms with Gasteiger partial charge in [0.25, 0.3) is 5.91 Å². The van der Waals surface area contributed by atoms with Crippen molar-refractivity contribution in [2.45, 2.75) is 24.8 Å². The largest absolute Gasteiger partial charge is 0.394 e. The summed E-state index contributed by atoms with van der Waals surface area (Å²) in [6.07, 6.45) is -0.289. The van der Waals surface area contributed by atoms with Crippen LogP contribution in [0.25, 0.3) is 0 Å². The molecule has 0 heterocycles. The third kappa shape index (κ3) is 5.88. The quantitative estimate of drug-likeness (QED) is 0.672. The highest BCUT2D eigenvalue weighted by atomic mass is 32.2. The minimum Gasteiger partial charge on any atom is -0.394 e. The third-order valence-corrected chi connectivity index (χ3v) is 4.69. The summed E-state index contributed by atoms with van der Waals surface area (Å²) < 4.78 is 5.71. The minimum absolute atomic E-state index is 0.0493. The molecule has 4 nitrogen and oxygen atoms in total. The van der Waals surface area contributed by atoms with Crippen LogP contribution < -0.4 is 5.32 Å². The summed E-state index contributed by atoms with van der Waals surface area (Å²) >= 11 is 1.65. The molecule has 0 saturated heterocycles. The van der Waals surface area contributed by atoms with Gasteiger partial charge in [-0.2, -0.15) is 0 Å². The summed E-state index contributed by atoms with van der Waals surface area (Å²) in [6, 6.07) is 15.6. The molecule has 0 aromatic heterocycles. The van der Waals surface area contributed by atoms with Crippen LogP contribution in [0.1, 0.15) is 34.5 Å². The lowest BCUT2D eigenvalue weighted by atomic mass is 10.1. The maximum absolute atomic E-state index is 12.6. The first-order valence-electron chi connectivity index (χ1n) is 8.44. The number of rotatable bonds is 9. The summed E-state index contributed by atoms with van der Waals surface area (Å²) in [5.41, 5.74) is 2.83. The van der Waals surface area contributed by atoms with Gasteiger partial charge in [-0.3, -0.25) is 4.79 Å². The van der Waals surface area contributed by atoms with Crippen molar-refractivity contribution in [2.24, 2.45) is 0 Å². The van der Waals surface area contributed by atoms with Gasteiger partial charge < -0.3 is 15.2 Å². The fraction of sp³-hybridized carbons (Fsp3) is 0.350. The molecule has 134 valence electrons. The van der Waals surface area contributed by atoms with Gasteiger partial charge >= 0.3 is 0 Å². The van der Waals surface area contributed by atoms with E-state index in [2.05, 4.69) is 12.2 Å². The smallest absolute Gasteiger partial charge is 0.252 e. The minimum atomic E-state index is -0.289. The van der Waals surface area contributed by atoms with E-state index >= 15 is 0 Å². The van der Waals surface area contributed by atoms with E-state index in [0.717, 1.165) is 16.2 Å². The lowest BCUT2D eigenvalue weighted by Gasteiger charge is -2.19. The maximum atomic E-state index is 12.6. The van der Waals surface area contributed by atoms with Crippen molar-refractivity contribution < 1.29 is 14.6 Å². The summed E-state index contributed by atoms with van der Waals surface area (Å²) in [5.74, 6) is 0.803. The van der Waals surface area contributed by atoms with Crippen LogP contribution in [-0.4, -0.2) is 36.5 Å². The van der Waals surface area contributed by atoms with Crippen LogP contribution in [0.5, 0.6) is 0 Å². The van der Waals surface area contributed by atoms with E-state index < -0.39 is 0 Å². The first-order valence-corrected chi connectivity index (χ1v) is 9.43. The van der Waals surface area contributed by atoms with Crippen molar-refractivity contribution in [1.29, 1.82) is 0 Å². The van der Waals surface area contributed by atoms with E-state index in [4.69, 9.17) is 9.84 Å². The van der Waals surface area contributed by atoms with Gasteiger partial charge in [-0.1, -0.05) is 48.9 Å². The highest BCUT2D eigenvalue weighted by Gasteiger charge is 2.16. The van der Waals surface area contributed by atoms with Gasteiger partial charge in [-0.05, 0) is 30.4 Å². The van der Waals surface area contributed by atoms with Gasteiger partial charge in [0.05, 0.1) is 24.9 Å². The number of ether oxygens (including phenoxy) is 1. The number of aryl methyl sites for hydroxylation is 1. The Morgan fingerprint density at radius 2 is 1.92 bits per heavy atom. The van der Waals surface area contributed by atoms with Crippen LogP contribution in [0.4, 0.5) is 0 Å². The zero-order valence-corrected chi connectivity index (χ0v) is 15.5. The predicted octanol–water partition coefficient (Wildman–Crippen LogP) is 3.59. The number of benzene rings is 2. The Balaban J connectivity index is 2.06. The Kier molecular flexibility index (Phi) is 7.98. The molecule has 1 unspecified atom stereocenters. The zero-order valence-electron chi connectivity index (χ0n) is 14.7. The molecule has 0 bridgehead atoms. The highest BCUT2D eigenvalue weighted by Crippen LogP contribution is 2.23. The number of carbonyl (C=O) groups excluding carboxylic acids is 1. The summed E-state index contributed by atoms with van der Waals surface area (Å²) in [7, 11) is 0. The number of aliphatic hydroxyl groups excluding tert-OH is 1. The molecule has 1 atom stereocenters. The first kappa shape index (κ1) is 19.5. The topological polar surface area (TPSA) is 58.6 Å². The van der Waals surface area contributed by atoms with Crippen molar-refractivity contribution in [1.82, 2.24) is 5.32 Å². The second-order valence-corrected chi connectivity index (χ2v) is 6.94. The lowest BCUT2D eigenvalue weighted by Crippen LogP contribution is -2.30. The van der Waals surface area contributed by atoms with E-state index in [9.17, 15) is 4.79 Å². The first-order chi connectivity index (χ1) is 12.2. The standard InChI is InChI=1S/C20H25NO3S/c1-3-25-19-7-5-4-6-17(19)20(23)21-14-18(24-13-12-22)16-10-8-15(2)9-11-16/h4-11,18,22H,3,12-14H2,1-2H3,(H,21,23). The Morgan fingerprint density at radius 3 is 2.60 bits per heavy atom. The van der Waals surface area contributed by atoms with Crippen molar-refractivity contribution in [2.75, 3.05) is 25.5 Å². The summed E-state index contributed by atoms with van der Waals surface area (Å²) in [4.78, 5) is 13.6. The predicted molar refractivity (Wildman–Crippen MR) is 102 cm³/mol. The Bertz CT molecular complexity index is 673. The fourth-order valence-corrected chi connectivity index (χ4v) is 3.27. The molecular weight excluding hydrogens is 334 g/mol. The SMILES string of the molecule is CCSc1ccccc1C(=O)NCC(OCCO)c1ccc(C)cc1. The van der Waals surface area contributed by atoms with E-state index in [1.165, 1.54) is 5.56 Å². The highest BCUT2D eigenvalue weighted by molar-refractivity contribution is 7.99. The van der Waals surface area contributed by atoms with Gasteiger partial charge in [-0.15, -0.1) is 11.8 Å². The van der Waals surface area contributed by atoms with Crippen molar-refractivity contribution in [3.8, 4) is 0 Å². The number of carbonyl (C=O) groups is 1. The van der Waals surface area contributed by atoms with Crippen molar-refractivity contribution in [3.63, 3.8) is 0 Å². The van der Waals surface area contributed by atoms with Crippen LogP contribution in [0.3, 0.4) is 0 Å². The number of aliphatic hydroxyl groups is 1. The molecule has 1 amide bonds. The van der Waals surface area contributed by atoms with E-state index in [1.54, 1.807) is 11.8 Å². The molecule has 2 N–H and O–H groups in total. The second-order valence-electron chi connectivity index (χ2n) is 5.63. The molecule has 0 radical (unpaired) electrons. The van der Waals surface area contributed by atoms with Crippen LogP contribution >= 0.6 is 11.8 Å². The maximum Gasteiger partial charge on any atom is 0.252 e. The molecule has 0 aliphatic heterocycles. The van der Waals surface area contributed by atoms with Crippen LogP contribution in [0.15, 0.2) is 53.4 Å². The number of hydrogen-bond donors (Lipinski definition) is 2. The normalized spacial score (nSPS) is 12.0. The summed E-state index contributed by atoms with van der Waals surface area (Å²) in [5, 5.41) is 12.0. The van der Waals surface area contributed by atoms with Gasteiger partial charge in [0.15, 0.2) is 0 Å². The van der Waals surface area contributed by atoms with Gasteiger partial charge in [0, 0.05) is 11.4 Å². The Hall–Kier alpha value is -1.82. The van der Waals surface area contributed by atoms with E-state index in [-0.39, 0.29) is 25.2 Å². The number of hydrogen-bond acceptors (Lipinski definition) is 4. The number of nitrogens with one attached hydrogen (secondary N) is 1. The fourth-order valence-electron chi connectivity index (χ4n) is 2.47. The average molecular weight is 359 g/mol. The van der Waals surface area contributed by atoms with Gasteiger partial charge in [0.2, 0.25) is 0 Å². The van der Waals surface area contributed by atoms with E-state index in [0.29, 0.717) is 12.1 Å². The number of amides is 1. The monoisotopic (exact) mass is 359 g/mol. The third-order valence-electron chi connectivity index (χ3n) is 3.74. The molecule has 0 fully saturated rings. The molecule has 2 aromatic carbocycles. The Morgan fingerprint density at radius 1 is 1.20 bits per heavy atom. The molecule has 0 spiro atoms. The van der Waals surface area contributed by atoms with Gasteiger partial charge in [-0.25, -0.2) is 0 Å². The molecule has 0 aliphatic carbocycles. The molecule has 0 aliphatic rings. The van der Waals surface area contributed by atoms with Crippen molar-refractivity contribution >= 4 is 17.7 Å². The Labute approximate surface area is 153 Å². The van der Waals surface area contributed by atoms with Crippen LogP contribution in [0, 0.1) is 6.92 Å².